The van der Waals surface area contributed by atoms with Gasteiger partial charge in [-0.3, -0.25) is 4.79 Å². The number of carbonyl (C=O) groups excluding carboxylic acids is 1. The van der Waals surface area contributed by atoms with Gasteiger partial charge in [-0.05, 0) is 36.8 Å². The number of ether oxygens (including phenoxy) is 1. The van der Waals surface area contributed by atoms with Gasteiger partial charge < -0.3 is 14.5 Å². The van der Waals surface area contributed by atoms with Crippen LogP contribution in [0.1, 0.15) is 27.2 Å². The number of amides is 1. The molecule has 0 bridgehead atoms. The molecule has 1 saturated heterocycles. The molecular weight excluding hydrogens is 473 g/mol. The van der Waals surface area contributed by atoms with Gasteiger partial charge in [0.25, 0.3) is 11.7 Å². The number of nitrogens with zero attached hydrogens (tertiary/aromatic N) is 6. The van der Waals surface area contributed by atoms with Gasteiger partial charge >= 0.3 is 6.36 Å². The van der Waals surface area contributed by atoms with E-state index < -0.39 is 6.36 Å². The Morgan fingerprint density at radius 2 is 1.69 bits per heavy atom. The minimum Gasteiger partial charge on any atom is -0.406 e. The zero-order valence-electron chi connectivity index (χ0n) is 19.4. The molecule has 5 rings (SSSR count). The van der Waals surface area contributed by atoms with Crippen LogP contribution in [0.15, 0.2) is 60.9 Å². The van der Waals surface area contributed by atoms with E-state index >= 15 is 0 Å². The predicted molar refractivity (Wildman–Crippen MR) is 126 cm³/mol. The van der Waals surface area contributed by atoms with Crippen molar-refractivity contribution in [3.05, 3.63) is 83.3 Å². The standard InChI is InChI=1S/C25H23F3N6O2/c1-17-21(15-18-5-3-2-4-6-18)22(34-24(31-17)29-16-30-34)32-11-13-33(14-12-32)23(35)19-7-9-20(10-8-19)36-25(26,27)28/h2-10,16H,11-15H2,1H3. The number of halogens is 3. The Kier molecular flexibility index (Phi) is 6.21. The summed E-state index contributed by atoms with van der Waals surface area (Å²) in [6.07, 6.45) is -2.62. The lowest BCUT2D eigenvalue weighted by Crippen LogP contribution is -2.49. The first-order valence-electron chi connectivity index (χ1n) is 11.4. The zero-order valence-corrected chi connectivity index (χ0v) is 19.4. The molecule has 1 amide bonds. The monoisotopic (exact) mass is 496 g/mol. The van der Waals surface area contributed by atoms with Gasteiger partial charge in [0.2, 0.25) is 0 Å². The van der Waals surface area contributed by atoms with Crippen LogP contribution in [0.5, 0.6) is 5.75 Å². The third kappa shape index (κ3) is 4.95. The van der Waals surface area contributed by atoms with Gasteiger partial charge in [-0.25, -0.2) is 4.98 Å². The lowest BCUT2D eigenvalue weighted by molar-refractivity contribution is -0.274. The highest BCUT2D eigenvalue weighted by Gasteiger charge is 2.31. The molecule has 1 fully saturated rings. The highest BCUT2D eigenvalue weighted by atomic mass is 19.4. The van der Waals surface area contributed by atoms with Crippen LogP contribution in [0.4, 0.5) is 19.0 Å². The molecule has 0 N–H and O–H groups in total. The molecule has 0 unspecified atom stereocenters. The second-order valence-corrected chi connectivity index (χ2v) is 8.49. The van der Waals surface area contributed by atoms with Crippen molar-refractivity contribution in [1.82, 2.24) is 24.5 Å². The number of benzene rings is 2. The smallest absolute Gasteiger partial charge is 0.406 e. The van der Waals surface area contributed by atoms with E-state index in [-0.39, 0.29) is 11.7 Å². The maximum atomic E-state index is 13.0. The highest BCUT2D eigenvalue weighted by Crippen LogP contribution is 2.28. The summed E-state index contributed by atoms with van der Waals surface area (Å²) in [6, 6.07) is 15.1. The molecular formula is C25H23F3N6O2. The topological polar surface area (TPSA) is 75.9 Å². The summed E-state index contributed by atoms with van der Waals surface area (Å²) in [5.74, 6) is 0.813. The Morgan fingerprint density at radius 3 is 2.36 bits per heavy atom. The van der Waals surface area contributed by atoms with Crippen molar-refractivity contribution in [2.24, 2.45) is 0 Å². The van der Waals surface area contributed by atoms with E-state index in [0.717, 1.165) is 34.8 Å². The van der Waals surface area contributed by atoms with Gasteiger partial charge in [0.1, 0.15) is 17.9 Å². The van der Waals surface area contributed by atoms with Crippen molar-refractivity contribution < 1.29 is 22.7 Å². The van der Waals surface area contributed by atoms with Crippen LogP contribution in [-0.4, -0.2) is 62.9 Å². The molecule has 36 heavy (non-hydrogen) atoms. The molecule has 2 aromatic heterocycles. The maximum Gasteiger partial charge on any atom is 0.573 e. The van der Waals surface area contributed by atoms with E-state index in [1.807, 2.05) is 25.1 Å². The van der Waals surface area contributed by atoms with Crippen molar-refractivity contribution in [2.75, 3.05) is 31.1 Å². The number of aryl methyl sites for hydroxylation is 1. The summed E-state index contributed by atoms with van der Waals surface area (Å²) in [4.78, 5) is 25.7. The summed E-state index contributed by atoms with van der Waals surface area (Å²) in [6.45, 7) is 3.97. The molecule has 0 atom stereocenters. The molecule has 0 saturated carbocycles. The van der Waals surface area contributed by atoms with Crippen molar-refractivity contribution in [3.63, 3.8) is 0 Å². The average Bonchev–Trinajstić information content (AvgIpc) is 3.32. The number of anilines is 1. The first-order valence-corrected chi connectivity index (χ1v) is 11.4. The average molecular weight is 496 g/mol. The molecule has 186 valence electrons. The zero-order chi connectivity index (χ0) is 25.3. The summed E-state index contributed by atoms with van der Waals surface area (Å²) in [7, 11) is 0. The Balaban J connectivity index is 1.34. The minimum absolute atomic E-state index is 0.241. The largest absolute Gasteiger partial charge is 0.573 e. The fourth-order valence-electron chi connectivity index (χ4n) is 4.40. The van der Waals surface area contributed by atoms with E-state index in [9.17, 15) is 18.0 Å². The fraction of sp³-hybridized carbons (Fsp3) is 0.280. The van der Waals surface area contributed by atoms with E-state index in [1.165, 1.54) is 18.5 Å². The minimum atomic E-state index is -4.78. The van der Waals surface area contributed by atoms with Gasteiger partial charge in [0.05, 0.1) is 0 Å². The molecule has 1 aliphatic heterocycles. The number of aromatic nitrogens is 4. The molecule has 0 radical (unpaired) electrons. The van der Waals surface area contributed by atoms with Crippen LogP contribution in [0.3, 0.4) is 0 Å². The lowest BCUT2D eigenvalue weighted by atomic mass is 10.0. The number of piperazine rings is 1. The maximum absolute atomic E-state index is 13.0. The van der Waals surface area contributed by atoms with Crippen LogP contribution in [0.2, 0.25) is 0 Å². The molecule has 0 aliphatic carbocycles. The normalized spacial score (nSPS) is 14.3. The van der Waals surface area contributed by atoms with Gasteiger partial charge in [0.15, 0.2) is 0 Å². The van der Waals surface area contributed by atoms with Crippen molar-refractivity contribution in [2.45, 2.75) is 19.7 Å². The molecule has 2 aromatic carbocycles. The van der Waals surface area contributed by atoms with Crippen LogP contribution in [0, 0.1) is 6.92 Å². The molecule has 3 heterocycles. The Morgan fingerprint density at radius 1 is 1.00 bits per heavy atom. The van der Waals surface area contributed by atoms with Crippen molar-refractivity contribution in [1.29, 1.82) is 0 Å². The Hall–Kier alpha value is -4.15. The number of hydrogen-bond donors (Lipinski definition) is 0. The molecule has 0 spiro atoms. The Labute approximate surface area is 204 Å². The predicted octanol–water partition coefficient (Wildman–Crippen LogP) is 3.88. The third-order valence-electron chi connectivity index (χ3n) is 6.13. The highest BCUT2D eigenvalue weighted by molar-refractivity contribution is 5.94. The quantitative estimate of drug-likeness (QED) is 0.418. The van der Waals surface area contributed by atoms with E-state index in [2.05, 4.69) is 36.8 Å². The third-order valence-corrected chi connectivity index (χ3v) is 6.13. The fourth-order valence-corrected chi connectivity index (χ4v) is 4.40. The first kappa shape index (κ1) is 23.6. The summed E-state index contributed by atoms with van der Waals surface area (Å²) >= 11 is 0. The molecule has 11 heteroatoms. The summed E-state index contributed by atoms with van der Waals surface area (Å²) < 4.78 is 42.8. The van der Waals surface area contributed by atoms with Crippen LogP contribution < -0.4 is 9.64 Å². The first-order chi connectivity index (χ1) is 17.3. The second-order valence-electron chi connectivity index (χ2n) is 8.49. The van der Waals surface area contributed by atoms with E-state index in [1.54, 1.807) is 9.42 Å². The number of carbonyl (C=O) groups is 1. The van der Waals surface area contributed by atoms with Crippen LogP contribution in [-0.2, 0) is 6.42 Å². The van der Waals surface area contributed by atoms with Gasteiger partial charge in [0, 0.05) is 49.4 Å². The summed E-state index contributed by atoms with van der Waals surface area (Å²) in [5, 5.41) is 4.40. The molecule has 1 aliphatic rings. The lowest BCUT2D eigenvalue weighted by Gasteiger charge is -2.37. The number of alkyl halides is 3. The molecule has 8 nitrogen and oxygen atoms in total. The van der Waals surface area contributed by atoms with Gasteiger partial charge in [-0.1, -0.05) is 30.3 Å². The number of fused-ring (bicyclic) bond motifs is 1. The molecule has 4 aromatic rings. The SMILES string of the molecule is Cc1nc2ncnn2c(N2CCN(C(=O)c3ccc(OC(F)(F)F)cc3)CC2)c1Cc1ccccc1. The van der Waals surface area contributed by atoms with Crippen molar-refractivity contribution in [3.8, 4) is 5.75 Å². The Bertz CT molecular complexity index is 1360. The van der Waals surface area contributed by atoms with Gasteiger partial charge in [-0.2, -0.15) is 14.6 Å². The second kappa shape index (κ2) is 9.48. The van der Waals surface area contributed by atoms with Crippen LogP contribution >= 0.6 is 0 Å². The van der Waals surface area contributed by atoms with E-state index in [4.69, 9.17) is 0 Å². The summed E-state index contributed by atoms with van der Waals surface area (Å²) in [5.41, 5.74) is 3.37. The van der Waals surface area contributed by atoms with Crippen molar-refractivity contribution >= 4 is 17.5 Å². The number of hydrogen-bond acceptors (Lipinski definition) is 6. The van der Waals surface area contributed by atoms with Crippen LogP contribution in [0.25, 0.3) is 5.78 Å². The van der Waals surface area contributed by atoms with Gasteiger partial charge in [-0.15, -0.1) is 13.2 Å². The van der Waals surface area contributed by atoms with E-state index in [0.29, 0.717) is 43.9 Å². The number of rotatable bonds is 5.